The average Bonchev–Trinajstić information content (AvgIpc) is 3.07. The predicted octanol–water partition coefficient (Wildman–Crippen LogP) is 1.67. The van der Waals surface area contributed by atoms with Gasteiger partial charge in [0.15, 0.2) is 0 Å². The molecular formula is C14H18N2O3S2. The molecule has 3 rings (SSSR count). The standard InChI is InChI=1S/C14H18N2O3S2/c1-19-14(18)11-8-3-2-4-10(8)21-13(11)16-12(17)9-7-20-6-5-15-9/h9,15H,2-7H2,1H3,(H,16,17). The minimum atomic E-state index is -0.351. The minimum absolute atomic E-state index is 0.0627. The predicted molar refractivity (Wildman–Crippen MR) is 85.4 cm³/mol. The average molecular weight is 326 g/mol. The highest BCUT2D eigenvalue weighted by Gasteiger charge is 2.29. The first kappa shape index (κ1) is 14.9. The van der Waals surface area contributed by atoms with E-state index in [2.05, 4.69) is 10.6 Å². The summed E-state index contributed by atoms with van der Waals surface area (Å²) in [5.41, 5.74) is 1.62. The quantitative estimate of drug-likeness (QED) is 0.827. The molecule has 0 saturated carbocycles. The number of thioether (sulfide) groups is 1. The lowest BCUT2D eigenvalue weighted by atomic mass is 10.1. The fourth-order valence-electron chi connectivity index (χ4n) is 2.74. The van der Waals surface area contributed by atoms with Gasteiger partial charge in [-0.2, -0.15) is 11.8 Å². The molecule has 1 fully saturated rings. The Morgan fingerprint density at radius 3 is 2.95 bits per heavy atom. The first-order valence-corrected chi connectivity index (χ1v) is 9.02. The molecule has 0 radical (unpaired) electrons. The molecule has 1 amide bonds. The zero-order valence-corrected chi connectivity index (χ0v) is 13.5. The molecule has 2 aliphatic rings. The normalized spacial score (nSPS) is 20.9. The van der Waals surface area contributed by atoms with E-state index < -0.39 is 0 Å². The molecule has 0 bridgehead atoms. The summed E-state index contributed by atoms with van der Waals surface area (Å²) in [6.07, 6.45) is 2.95. The monoisotopic (exact) mass is 326 g/mol. The van der Waals surface area contributed by atoms with Gasteiger partial charge in [-0.1, -0.05) is 0 Å². The van der Waals surface area contributed by atoms with Crippen molar-refractivity contribution in [3.63, 3.8) is 0 Å². The van der Waals surface area contributed by atoms with Crippen LogP contribution in [0.15, 0.2) is 0 Å². The number of methoxy groups -OCH3 is 1. The molecule has 2 N–H and O–H groups in total. The molecule has 1 unspecified atom stereocenters. The van der Waals surface area contributed by atoms with E-state index in [1.54, 1.807) is 11.8 Å². The van der Waals surface area contributed by atoms with E-state index in [0.29, 0.717) is 10.6 Å². The lowest BCUT2D eigenvalue weighted by Crippen LogP contribution is -2.46. The maximum absolute atomic E-state index is 12.3. The van der Waals surface area contributed by atoms with Crippen molar-refractivity contribution >= 4 is 40.0 Å². The van der Waals surface area contributed by atoms with Gasteiger partial charge in [-0.3, -0.25) is 4.79 Å². The van der Waals surface area contributed by atoms with Crippen LogP contribution < -0.4 is 10.6 Å². The third-order valence-corrected chi connectivity index (χ3v) is 6.05. The van der Waals surface area contributed by atoms with Crippen molar-refractivity contribution in [3.8, 4) is 0 Å². The van der Waals surface area contributed by atoms with E-state index in [9.17, 15) is 9.59 Å². The van der Waals surface area contributed by atoms with Gasteiger partial charge in [-0.05, 0) is 24.8 Å². The number of hydrogen-bond acceptors (Lipinski definition) is 6. The van der Waals surface area contributed by atoms with Gasteiger partial charge >= 0.3 is 5.97 Å². The SMILES string of the molecule is COC(=O)c1c(NC(=O)C2CSCCN2)sc2c1CCC2. The molecule has 21 heavy (non-hydrogen) atoms. The van der Waals surface area contributed by atoms with Crippen LogP contribution in [-0.2, 0) is 22.4 Å². The van der Waals surface area contributed by atoms with Gasteiger partial charge in [0, 0.05) is 22.9 Å². The topological polar surface area (TPSA) is 67.4 Å². The van der Waals surface area contributed by atoms with Gasteiger partial charge < -0.3 is 15.4 Å². The number of hydrogen-bond donors (Lipinski definition) is 2. The summed E-state index contributed by atoms with van der Waals surface area (Å²) in [5, 5.41) is 6.78. The van der Waals surface area contributed by atoms with E-state index in [1.807, 2.05) is 0 Å². The van der Waals surface area contributed by atoms with Crippen LogP contribution in [-0.4, -0.2) is 43.1 Å². The van der Waals surface area contributed by atoms with Gasteiger partial charge in [0.05, 0.1) is 18.7 Å². The molecule has 114 valence electrons. The molecule has 7 heteroatoms. The number of anilines is 1. The number of nitrogens with one attached hydrogen (secondary N) is 2. The van der Waals surface area contributed by atoms with E-state index in [-0.39, 0.29) is 17.9 Å². The Hall–Kier alpha value is -1.05. The van der Waals surface area contributed by atoms with Crippen molar-refractivity contribution in [2.75, 3.05) is 30.5 Å². The van der Waals surface area contributed by atoms with Crippen LogP contribution in [0, 0.1) is 0 Å². The molecule has 0 aromatic carbocycles. The van der Waals surface area contributed by atoms with Crippen molar-refractivity contribution in [3.05, 3.63) is 16.0 Å². The van der Waals surface area contributed by atoms with E-state index in [1.165, 1.54) is 23.3 Å². The number of carbonyl (C=O) groups excluding carboxylic acids is 2. The third-order valence-electron chi connectivity index (χ3n) is 3.79. The minimum Gasteiger partial charge on any atom is -0.465 e. The Morgan fingerprint density at radius 1 is 1.38 bits per heavy atom. The Labute approximate surface area is 131 Å². The number of rotatable bonds is 3. The van der Waals surface area contributed by atoms with Crippen molar-refractivity contribution in [1.29, 1.82) is 0 Å². The molecule has 5 nitrogen and oxygen atoms in total. The maximum atomic E-state index is 12.3. The number of fused-ring (bicyclic) bond motifs is 1. The van der Waals surface area contributed by atoms with E-state index in [4.69, 9.17) is 4.74 Å². The fourth-order valence-corrected chi connectivity index (χ4v) is 4.96. The Balaban J connectivity index is 1.81. The van der Waals surface area contributed by atoms with Crippen molar-refractivity contribution in [2.24, 2.45) is 0 Å². The zero-order valence-electron chi connectivity index (χ0n) is 11.9. The highest BCUT2D eigenvalue weighted by molar-refractivity contribution is 7.99. The Morgan fingerprint density at radius 2 is 2.24 bits per heavy atom. The van der Waals surface area contributed by atoms with E-state index >= 15 is 0 Å². The number of ether oxygens (including phenoxy) is 1. The second-order valence-corrected chi connectivity index (χ2v) is 7.38. The van der Waals surface area contributed by atoms with Crippen molar-refractivity contribution in [2.45, 2.75) is 25.3 Å². The molecule has 1 aliphatic heterocycles. The van der Waals surface area contributed by atoms with Crippen LogP contribution in [0.5, 0.6) is 0 Å². The molecule has 1 saturated heterocycles. The summed E-state index contributed by atoms with van der Waals surface area (Å²) in [4.78, 5) is 25.6. The third kappa shape index (κ3) is 2.95. The first-order valence-electron chi connectivity index (χ1n) is 7.05. The Kier molecular flexibility index (Phi) is 4.51. The van der Waals surface area contributed by atoms with Crippen LogP contribution in [0.4, 0.5) is 5.00 Å². The van der Waals surface area contributed by atoms with Gasteiger partial charge in [0.25, 0.3) is 0 Å². The summed E-state index contributed by atoms with van der Waals surface area (Å²) in [6.45, 7) is 0.841. The molecule has 1 aromatic heterocycles. The van der Waals surface area contributed by atoms with Gasteiger partial charge in [-0.25, -0.2) is 4.79 Å². The lowest BCUT2D eigenvalue weighted by molar-refractivity contribution is -0.117. The number of esters is 1. The van der Waals surface area contributed by atoms with Crippen LogP contribution in [0.25, 0.3) is 0 Å². The molecule has 1 aliphatic carbocycles. The summed E-state index contributed by atoms with van der Waals surface area (Å²) in [6, 6.07) is -0.189. The van der Waals surface area contributed by atoms with Crippen LogP contribution >= 0.6 is 23.1 Å². The van der Waals surface area contributed by atoms with Crippen molar-refractivity contribution in [1.82, 2.24) is 5.32 Å². The van der Waals surface area contributed by atoms with E-state index in [0.717, 1.165) is 42.9 Å². The van der Waals surface area contributed by atoms with Gasteiger partial charge in [0.1, 0.15) is 5.00 Å². The highest BCUT2D eigenvalue weighted by Crippen LogP contribution is 2.39. The summed E-state index contributed by atoms with van der Waals surface area (Å²) in [7, 11) is 1.38. The summed E-state index contributed by atoms with van der Waals surface area (Å²) in [5.74, 6) is 1.39. The largest absolute Gasteiger partial charge is 0.465 e. The zero-order chi connectivity index (χ0) is 14.8. The first-order chi connectivity index (χ1) is 10.2. The van der Waals surface area contributed by atoms with Gasteiger partial charge in [-0.15, -0.1) is 11.3 Å². The molecule has 2 heterocycles. The fraction of sp³-hybridized carbons (Fsp3) is 0.571. The number of carbonyl (C=O) groups is 2. The smallest absolute Gasteiger partial charge is 0.341 e. The number of amides is 1. The molecule has 1 aromatic rings. The second-order valence-electron chi connectivity index (χ2n) is 5.12. The van der Waals surface area contributed by atoms with Crippen LogP contribution in [0.2, 0.25) is 0 Å². The molecule has 0 spiro atoms. The summed E-state index contributed by atoms with van der Waals surface area (Å²) >= 11 is 3.29. The molecular weight excluding hydrogens is 308 g/mol. The summed E-state index contributed by atoms with van der Waals surface area (Å²) < 4.78 is 4.88. The Bertz CT molecular complexity index is 565. The number of thiophene rings is 1. The van der Waals surface area contributed by atoms with Gasteiger partial charge in [0.2, 0.25) is 5.91 Å². The van der Waals surface area contributed by atoms with Crippen molar-refractivity contribution < 1.29 is 14.3 Å². The number of aryl methyl sites for hydroxylation is 1. The molecule has 1 atom stereocenters. The second kappa shape index (κ2) is 6.37. The lowest BCUT2D eigenvalue weighted by Gasteiger charge is -2.22. The highest BCUT2D eigenvalue weighted by atomic mass is 32.2. The van der Waals surface area contributed by atoms with Crippen LogP contribution in [0.3, 0.4) is 0 Å². The maximum Gasteiger partial charge on any atom is 0.341 e. The van der Waals surface area contributed by atoms with Crippen LogP contribution in [0.1, 0.15) is 27.2 Å².